The van der Waals surface area contributed by atoms with Crippen LogP contribution in [0.2, 0.25) is 0 Å². The zero-order chi connectivity index (χ0) is 42.5. The molecule has 0 bridgehead atoms. The van der Waals surface area contributed by atoms with Crippen molar-refractivity contribution < 1.29 is 8.83 Å². The van der Waals surface area contributed by atoms with E-state index < -0.39 is 0 Å². The molecule has 0 saturated heterocycles. The summed E-state index contributed by atoms with van der Waals surface area (Å²) in [5.74, 6) is 0.542. The standard InChI is InChI=1S/C58H40N2O2S2/c1-31(2)37-25-33-21-24-44(60-42-16-8-12-20-52(42)64-54-28-40-36-14-6-10-18-48(36)62-50(40)30-46(54)60)58-38(32(3)4)26-34-22-23-43(57(37)55(34)56(33)58)59-41-15-7-11-19-51(41)63-53-27-39-35-13-5-9-17-47(35)61-49(39)29-45(53)59/h5-32H,1-4H3. The van der Waals surface area contributed by atoms with Gasteiger partial charge in [-0.2, -0.15) is 0 Å². The van der Waals surface area contributed by atoms with Crippen LogP contribution in [0.15, 0.2) is 186 Å². The normalized spacial score (nSPS) is 13.7. The molecule has 306 valence electrons. The first-order chi connectivity index (χ1) is 31.4. The molecule has 2 aliphatic heterocycles. The third kappa shape index (κ3) is 5.04. The Bertz CT molecular complexity index is 3690. The predicted molar refractivity (Wildman–Crippen MR) is 270 cm³/mol. The number of para-hydroxylation sites is 4. The number of furan rings is 2. The van der Waals surface area contributed by atoms with Gasteiger partial charge in [-0.15, -0.1) is 0 Å². The topological polar surface area (TPSA) is 32.8 Å². The molecule has 0 atom stereocenters. The summed E-state index contributed by atoms with van der Waals surface area (Å²) in [5.41, 5.74) is 13.3. The van der Waals surface area contributed by atoms with E-state index in [9.17, 15) is 0 Å². The fourth-order valence-electron chi connectivity index (χ4n) is 10.8. The molecule has 14 rings (SSSR count). The van der Waals surface area contributed by atoms with Crippen molar-refractivity contribution in [2.24, 2.45) is 0 Å². The number of rotatable bonds is 4. The highest BCUT2D eigenvalue weighted by atomic mass is 32.2. The Morgan fingerprint density at radius 1 is 0.344 bits per heavy atom. The second-order valence-electron chi connectivity index (χ2n) is 18.0. The highest BCUT2D eigenvalue weighted by Gasteiger charge is 2.33. The van der Waals surface area contributed by atoms with E-state index in [1.165, 1.54) is 85.8 Å². The Morgan fingerprint density at radius 2 is 0.766 bits per heavy atom. The van der Waals surface area contributed by atoms with E-state index in [2.05, 4.69) is 195 Å². The summed E-state index contributed by atoms with van der Waals surface area (Å²) in [5, 5.41) is 12.4. The minimum absolute atomic E-state index is 0.271. The van der Waals surface area contributed by atoms with Gasteiger partial charge in [0.25, 0.3) is 0 Å². The number of benzene rings is 10. The Labute approximate surface area is 378 Å². The monoisotopic (exact) mass is 860 g/mol. The Balaban J connectivity index is 1.08. The van der Waals surface area contributed by atoms with Crippen LogP contribution in [0, 0.1) is 0 Å². The second kappa shape index (κ2) is 13.3. The number of anilines is 6. The summed E-state index contributed by atoms with van der Waals surface area (Å²) >= 11 is 3.70. The van der Waals surface area contributed by atoms with E-state index in [0.29, 0.717) is 0 Å². The number of hydrogen-bond donors (Lipinski definition) is 0. The number of nitrogens with zero attached hydrogens (tertiary/aromatic N) is 2. The van der Waals surface area contributed by atoms with Crippen molar-refractivity contribution in [2.75, 3.05) is 9.80 Å². The average Bonchev–Trinajstić information content (AvgIpc) is 3.87. The molecule has 0 saturated carbocycles. The number of fused-ring (bicyclic) bond motifs is 10. The number of hydrogen-bond acceptors (Lipinski definition) is 6. The fraction of sp³-hybridized carbons (Fsp3) is 0.103. The van der Waals surface area contributed by atoms with Gasteiger partial charge < -0.3 is 18.6 Å². The molecular formula is C58H40N2O2S2. The zero-order valence-electron chi connectivity index (χ0n) is 35.7. The van der Waals surface area contributed by atoms with E-state index in [0.717, 1.165) is 55.3 Å². The third-order valence-corrected chi connectivity index (χ3v) is 15.9. The summed E-state index contributed by atoms with van der Waals surface area (Å²) in [6.07, 6.45) is 0. The van der Waals surface area contributed by atoms with Crippen LogP contribution in [0.5, 0.6) is 0 Å². The Kier molecular flexibility index (Phi) is 7.63. The van der Waals surface area contributed by atoms with E-state index >= 15 is 0 Å². The van der Waals surface area contributed by atoms with Crippen molar-refractivity contribution in [2.45, 2.75) is 59.1 Å². The maximum Gasteiger partial charge on any atom is 0.137 e. The highest BCUT2D eigenvalue weighted by molar-refractivity contribution is 8.00. The zero-order valence-corrected chi connectivity index (χ0v) is 37.3. The molecule has 2 aromatic heterocycles. The van der Waals surface area contributed by atoms with Gasteiger partial charge in [0.05, 0.1) is 34.1 Å². The molecule has 0 unspecified atom stereocenters. The molecule has 4 nitrogen and oxygen atoms in total. The SMILES string of the molecule is CC(C)c1cc2ccc(N3c4ccccc4Sc4cc5c(cc43)oc3ccccc35)c3c(C(C)C)cc4ccc(N5c6ccccc6Sc6cc7c(cc65)oc5ccccc57)c1c4c23. The minimum atomic E-state index is 0.271. The van der Waals surface area contributed by atoms with E-state index in [1.807, 2.05) is 23.5 Å². The Morgan fingerprint density at radius 3 is 1.22 bits per heavy atom. The molecule has 64 heavy (non-hydrogen) atoms. The molecule has 12 aromatic rings. The van der Waals surface area contributed by atoms with Crippen LogP contribution in [0.4, 0.5) is 34.1 Å². The molecule has 0 N–H and O–H groups in total. The lowest BCUT2D eigenvalue weighted by molar-refractivity contribution is 0.668. The first kappa shape index (κ1) is 36.6. The molecule has 4 heterocycles. The molecule has 10 aromatic carbocycles. The van der Waals surface area contributed by atoms with Crippen molar-refractivity contribution in [1.82, 2.24) is 0 Å². The smallest absolute Gasteiger partial charge is 0.137 e. The van der Waals surface area contributed by atoms with Crippen molar-refractivity contribution in [1.29, 1.82) is 0 Å². The predicted octanol–water partition coefficient (Wildman–Crippen LogP) is 18.5. The maximum atomic E-state index is 6.58. The van der Waals surface area contributed by atoms with Gasteiger partial charge in [0.1, 0.15) is 22.3 Å². The fourth-order valence-corrected chi connectivity index (χ4v) is 13.0. The van der Waals surface area contributed by atoms with Crippen molar-refractivity contribution in [3.63, 3.8) is 0 Å². The second-order valence-corrected chi connectivity index (χ2v) is 20.2. The quantitative estimate of drug-likeness (QED) is 0.164. The van der Waals surface area contributed by atoms with Gasteiger partial charge in [-0.25, -0.2) is 0 Å². The van der Waals surface area contributed by atoms with E-state index in [4.69, 9.17) is 8.83 Å². The molecule has 0 spiro atoms. The molecule has 0 radical (unpaired) electrons. The first-order valence-corrected chi connectivity index (χ1v) is 23.8. The van der Waals surface area contributed by atoms with Crippen LogP contribution >= 0.6 is 23.5 Å². The molecule has 0 fully saturated rings. The molecule has 2 aliphatic rings. The summed E-state index contributed by atoms with van der Waals surface area (Å²) in [6, 6.07) is 58.3. The largest absolute Gasteiger partial charge is 0.456 e. The van der Waals surface area contributed by atoms with Crippen molar-refractivity contribution in [3.05, 3.63) is 169 Å². The van der Waals surface area contributed by atoms with Gasteiger partial charge in [0.2, 0.25) is 0 Å². The van der Waals surface area contributed by atoms with Gasteiger partial charge in [-0.3, -0.25) is 0 Å². The summed E-state index contributed by atoms with van der Waals surface area (Å²) in [6.45, 7) is 9.38. The summed E-state index contributed by atoms with van der Waals surface area (Å²) in [4.78, 5) is 9.95. The summed E-state index contributed by atoms with van der Waals surface area (Å²) in [7, 11) is 0. The summed E-state index contributed by atoms with van der Waals surface area (Å²) < 4.78 is 13.2. The lowest BCUT2D eigenvalue weighted by Crippen LogP contribution is -2.17. The van der Waals surface area contributed by atoms with Gasteiger partial charge >= 0.3 is 0 Å². The van der Waals surface area contributed by atoms with Crippen LogP contribution in [0.3, 0.4) is 0 Å². The molecule has 0 amide bonds. The minimum Gasteiger partial charge on any atom is -0.456 e. The van der Waals surface area contributed by atoms with Crippen LogP contribution in [0.1, 0.15) is 50.7 Å². The van der Waals surface area contributed by atoms with Gasteiger partial charge in [0.15, 0.2) is 0 Å². The lowest BCUT2D eigenvalue weighted by atomic mass is 9.82. The van der Waals surface area contributed by atoms with Gasteiger partial charge in [-0.1, -0.05) is 136 Å². The van der Waals surface area contributed by atoms with Gasteiger partial charge in [-0.05, 0) is 105 Å². The first-order valence-electron chi connectivity index (χ1n) is 22.2. The average molecular weight is 861 g/mol. The van der Waals surface area contributed by atoms with Crippen molar-refractivity contribution >= 4 is 134 Å². The molecular weight excluding hydrogens is 821 g/mol. The lowest BCUT2D eigenvalue weighted by Gasteiger charge is -2.36. The van der Waals surface area contributed by atoms with Crippen LogP contribution in [-0.2, 0) is 0 Å². The molecule has 0 aliphatic carbocycles. The van der Waals surface area contributed by atoms with Crippen LogP contribution < -0.4 is 9.80 Å². The van der Waals surface area contributed by atoms with Crippen LogP contribution in [-0.4, -0.2) is 0 Å². The highest BCUT2D eigenvalue weighted by Crippen LogP contribution is 2.59. The molecule has 6 heteroatoms. The third-order valence-electron chi connectivity index (χ3n) is 13.7. The maximum absolute atomic E-state index is 6.58. The van der Waals surface area contributed by atoms with Crippen molar-refractivity contribution in [3.8, 4) is 0 Å². The van der Waals surface area contributed by atoms with E-state index in [1.54, 1.807) is 0 Å². The van der Waals surface area contributed by atoms with Crippen LogP contribution in [0.25, 0.3) is 76.2 Å². The van der Waals surface area contributed by atoms with Gasteiger partial charge in [0, 0.05) is 64.0 Å². The Hall–Kier alpha value is -6.86. The van der Waals surface area contributed by atoms with E-state index in [-0.39, 0.29) is 11.8 Å².